The van der Waals surface area contributed by atoms with Crippen LogP contribution < -0.4 is 10.6 Å². The van der Waals surface area contributed by atoms with Crippen molar-refractivity contribution in [3.63, 3.8) is 0 Å². The SMILES string of the molecule is CCNC(=NCC(C)c1ccc(F)c(F)c1)NCCn1cccc1. The van der Waals surface area contributed by atoms with E-state index in [0.717, 1.165) is 37.2 Å². The highest BCUT2D eigenvalue weighted by Gasteiger charge is 2.09. The first kappa shape index (κ1) is 18.0. The second-order valence-electron chi connectivity index (χ2n) is 5.64. The van der Waals surface area contributed by atoms with Gasteiger partial charge >= 0.3 is 0 Å². The van der Waals surface area contributed by atoms with Gasteiger partial charge in [-0.3, -0.25) is 4.99 Å². The van der Waals surface area contributed by atoms with Gasteiger partial charge in [-0.05, 0) is 36.8 Å². The molecule has 0 saturated heterocycles. The van der Waals surface area contributed by atoms with E-state index >= 15 is 0 Å². The molecule has 0 saturated carbocycles. The molecule has 0 spiro atoms. The number of guanidine groups is 1. The average molecular weight is 334 g/mol. The summed E-state index contributed by atoms with van der Waals surface area (Å²) in [6.07, 6.45) is 4.02. The van der Waals surface area contributed by atoms with E-state index in [1.807, 2.05) is 38.4 Å². The van der Waals surface area contributed by atoms with Gasteiger partial charge in [-0.25, -0.2) is 8.78 Å². The number of hydrogen-bond acceptors (Lipinski definition) is 1. The maximum absolute atomic E-state index is 13.3. The van der Waals surface area contributed by atoms with Gasteiger partial charge in [0.15, 0.2) is 17.6 Å². The Morgan fingerprint density at radius 3 is 2.58 bits per heavy atom. The molecule has 2 N–H and O–H groups in total. The second-order valence-corrected chi connectivity index (χ2v) is 5.64. The molecule has 0 amide bonds. The molecule has 1 unspecified atom stereocenters. The minimum absolute atomic E-state index is 0.00000451. The number of halogens is 2. The van der Waals surface area contributed by atoms with Crippen molar-refractivity contribution in [2.24, 2.45) is 4.99 Å². The lowest BCUT2D eigenvalue weighted by Gasteiger charge is -2.14. The number of nitrogens with zero attached hydrogens (tertiary/aromatic N) is 2. The summed E-state index contributed by atoms with van der Waals surface area (Å²) in [5.74, 6) is -0.923. The molecule has 2 aromatic rings. The molecule has 1 aromatic heterocycles. The highest BCUT2D eigenvalue weighted by atomic mass is 19.2. The summed E-state index contributed by atoms with van der Waals surface area (Å²) in [7, 11) is 0. The van der Waals surface area contributed by atoms with Crippen molar-refractivity contribution < 1.29 is 8.78 Å². The summed E-state index contributed by atoms with van der Waals surface area (Å²) in [5, 5.41) is 6.46. The van der Waals surface area contributed by atoms with Gasteiger partial charge in [0.1, 0.15) is 0 Å². The predicted molar refractivity (Wildman–Crippen MR) is 93.2 cm³/mol. The van der Waals surface area contributed by atoms with Crippen molar-refractivity contribution in [2.45, 2.75) is 26.3 Å². The minimum Gasteiger partial charge on any atom is -0.357 e. The lowest BCUT2D eigenvalue weighted by Crippen LogP contribution is -2.39. The van der Waals surface area contributed by atoms with Crippen LogP contribution in [0.2, 0.25) is 0 Å². The minimum atomic E-state index is -0.825. The largest absolute Gasteiger partial charge is 0.357 e. The predicted octanol–water partition coefficient (Wildman–Crippen LogP) is 3.13. The third kappa shape index (κ3) is 5.37. The molecular formula is C18H24F2N4. The number of rotatable bonds is 7. The normalized spacial score (nSPS) is 12.9. The van der Waals surface area contributed by atoms with E-state index in [2.05, 4.69) is 20.2 Å². The van der Waals surface area contributed by atoms with Gasteiger partial charge in [0.2, 0.25) is 0 Å². The third-order valence-electron chi connectivity index (χ3n) is 3.71. The van der Waals surface area contributed by atoms with Crippen molar-refractivity contribution in [3.8, 4) is 0 Å². The fourth-order valence-electron chi connectivity index (χ4n) is 2.32. The fraction of sp³-hybridized carbons (Fsp3) is 0.389. The van der Waals surface area contributed by atoms with Crippen LogP contribution in [-0.4, -0.2) is 30.2 Å². The first-order valence-corrected chi connectivity index (χ1v) is 8.18. The van der Waals surface area contributed by atoms with Gasteiger partial charge in [-0.1, -0.05) is 13.0 Å². The summed E-state index contributed by atoms with van der Waals surface area (Å²) < 4.78 is 28.4. The molecule has 2 rings (SSSR count). The zero-order valence-electron chi connectivity index (χ0n) is 14.1. The maximum atomic E-state index is 13.3. The van der Waals surface area contributed by atoms with Crippen LogP contribution in [0.4, 0.5) is 8.78 Å². The quantitative estimate of drug-likeness (QED) is 0.603. The number of nitrogens with one attached hydrogen (secondary N) is 2. The maximum Gasteiger partial charge on any atom is 0.191 e. The Balaban J connectivity index is 1.89. The van der Waals surface area contributed by atoms with Gasteiger partial charge in [-0.15, -0.1) is 0 Å². The molecule has 4 nitrogen and oxygen atoms in total. The molecule has 1 heterocycles. The molecule has 0 aliphatic rings. The van der Waals surface area contributed by atoms with E-state index in [1.54, 1.807) is 6.07 Å². The van der Waals surface area contributed by atoms with E-state index in [-0.39, 0.29) is 5.92 Å². The van der Waals surface area contributed by atoms with Crippen molar-refractivity contribution in [3.05, 3.63) is 59.9 Å². The Morgan fingerprint density at radius 2 is 1.92 bits per heavy atom. The van der Waals surface area contributed by atoms with Gasteiger partial charge < -0.3 is 15.2 Å². The molecule has 1 aromatic carbocycles. The van der Waals surface area contributed by atoms with Crippen LogP contribution >= 0.6 is 0 Å². The summed E-state index contributed by atoms with van der Waals surface area (Å²) in [4.78, 5) is 4.53. The average Bonchev–Trinajstić information content (AvgIpc) is 3.08. The molecule has 0 aliphatic carbocycles. The third-order valence-corrected chi connectivity index (χ3v) is 3.71. The van der Waals surface area contributed by atoms with E-state index < -0.39 is 11.6 Å². The first-order chi connectivity index (χ1) is 11.6. The topological polar surface area (TPSA) is 41.4 Å². The first-order valence-electron chi connectivity index (χ1n) is 8.18. The lowest BCUT2D eigenvalue weighted by molar-refractivity contribution is 0.505. The van der Waals surface area contributed by atoms with Gasteiger partial charge in [0.05, 0.1) is 0 Å². The van der Waals surface area contributed by atoms with Crippen LogP contribution in [0, 0.1) is 11.6 Å². The Labute approximate surface area is 141 Å². The van der Waals surface area contributed by atoms with Crippen molar-refractivity contribution in [1.29, 1.82) is 0 Å². The molecule has 6 heteroatoms. The number of benzene rings is 1. The fourth-order valence-corrected chi connectivity index (χ4v) is 2.32. The van der Waals surface area contributed by atoms with E-state index in [1.165, 1.54) is 6.07 Å². The molecule has 24 heavy (non-hydrogen) atoms. The van der Waals surface area contributed by atoms with Crippen molar-refractivity contribution in [2.75, 3.05) is 19.6 Å². The van der Waals surface area contributed by atoms with Crippen LogP contribution in [0.3, 0.4) is 0 Å². The Morgan fingerprint density at radius 1 is 1.17 bits per heavy atom. The summed E-state index contributed by atoms with van der Waals surface area (Å²) >= 11 is 0. The summed E-state index contributed by atoms with van der Waals surface area (Å²) in [6.45, 7) is 6.79. The molecule has 0 fully saturated rings. The van der Waals surface area contributed by atoms with E-state index in [9.17, 15) is 8.78 Å². The number of aromatic nitrogens is 1. The highest BCUT2D eigenvalue weighted by molar-refractivity contribution is 5.79. The van der Waals surface area contributed by atoms with Crippen molar-refractivity contribution in [1.82, 2.24) is 15.2 Å². The van der Waals surface area contributed by atoms with Crippen LogP contribution in [0.5, 0.6) is 0 Å². The lowest BCUT2D eigenvalue weighted by atomic mass is 10.0. The highest BCUT2D eigenvalue weighted by Crippen LogP contribution is 2.18. The number of aliphatic imine (C=N–C) groups is 1. The van der Waals surface area contributed by atoms with Gasteiger partial charge in [-0.2, -0.15) is 0 Å². The van der Waals surface area contributed by atoms with Crippen molar-refractivity contribution >= 4 is 5.96 Å². The van der Waals surface area contributed by atoms with Crippen LogP contribution in [0.15, 0.2) is 47.7 Å². The second kappa shape index (κ2) is 9.05. The Bertz CT molecular complexity index is 653. The van der Waals surface area contributed by atoms with E-state index in [4.69, 9.17) is 0 Å². The zero-order valence-corrected chi connectivity index (χ0v) is 14.1. The van der Waals surface area contributed by atoms with Crippen LogP contribution in [-0.2, 0) is 6.54 Å². The molecule has 1 atom stereocenters. The van der Waals surface area contributed by atoms with Crippen LogP contribution in [0.25, 0.3) is 0 Å². The molecular weight excluding hydrogens is 310 g/mol. The van der Waals surface area contributed by atoms with E-state index in [0.29, 0.717) is 6.54 Å². The summed E-state index contributed by atoms with van der Waals surface area (Å²) in [5.41, 5.74) is 0.737. The number of hydrogen-bond donors (Lipinski definition) is 2. The Kier molecular flexibility index (Phi) is 6.78. The van der Waals surface area contributed by atoms with Gasteiger partial charge in [0, 0.05) is 44.5 Å². The molecule has 130 valence electrons. The molecule has 0 radical (unpaired) electrons. The zero-order chi connectivity index (χ0) is 17.4. The smallest absolute Gasteiger partial charge is 0.191 e. The molecule has 0 bridgehead atoms. The van der Waals surface area contributed by atoms with Gasteiger partial charge in [0.25, 0.3) is 0 Å². The Hall–Kier alpha value is -2.37. The van der Waals surface area contributed by atoms with Crippen LogP contribution in [0.1, 0.15) is 25.3 Å². The monoisotopic (exact) mass is 334 g/mol. The molecule has 0 aliphatic heterocycles. The standard InChI is InChI=1S/C18H24F2N4/c1-3-21-18(22-8-11-24-9-4-5-10-24)23-13-14(2)15-6-7-16(19)17(20)12-15/h4-7,9-10,12,14H,3,8,11,13H2,1-2H3,(H2,21,22,23). The summed E-state index contributed by atoms with van der Waals surface area (Å²) in [6, 6.07) is 7.98.